The maximum atomic E-state index is 12.3. The first kappa shape index (κ1) is 17.0. The zero-order valence-electron chi connectivity index (χ0n) is 14.8. The van der Waals surface area contributed by atoms with E-state index in [4.69, 9.17) is 0 Å². The number of fused-ring (bicyclic) bond motifs is 1. The van der Waals surface area contributed by atoms with Crippen LogP contribution in [0.1, 0.15) is 28.7 Å². The summed E-state index contributed by atoms with van der Waals surface area (Å²) in [4.78, 5) is 27.4. The second kappa shape index (κ2) is 6.93. The number of amides is 1. The van der Waals surface area contributed by atoms with Crippen LogP contribution in [-0.2, 0) is 11.2 Å². The number of benzene rings is 2. The van der Waals surface area contributed by atoms with Crippen LogP contribution in [0, 0.1) is 20.8 Å². The highest BCUT2D eigenvalue weighted by atomic mass is 16.1. The minimum Gasteiger partial charge on any atom is -0.326 e. The van der Waals surface area contributed by atoms with Gasteiger partial charge in [-0.2, -0.15) is 0 Å². The van der Waals surface area contributed by atoms with Crippen molar-refractivity contribution in [3.05, 3.63) is 75.1 Å². The van der Waals surface area contributed by atoms with Gasteiger partial charge < -0.3 is 10.3 Å². The van der Waals surface area contributed by atoms with Crippen LogP contribution < -0.4 is 10.9 Å². The predicted molar refractivity (Wildman–Crippen MR) is 102 cm³/mol. The number of H-pyrrole nitrogens is 1. The molecule has 1 heterocycles. The lowest BCUT2D eigenvalue weighted by atomic mass is 10.0. The molecule has 2 aromatic carbocycles. The van der Waals surface area contributed by atoms with Crippen LogP contribution in [0.2, 0.25) is 0 Å². The van der Waals surface area contributed by atoms with Gasteiger partial charge in [-0.1, -0.05) is 35.9 Å². The van der Waals surface area contributed by atoms with Gasteiger partial charge in [0.15, 0.2) is 0 Å². The Morgan fingerprint density at radius 1 is 1.04 bits per heavy atom. The van der Waals surface area contributed by atoms with Gasteiger partial charge in [0.05, 0.1) is 0 Å². The maximum absolute atomic E-state index is 12.3. The number of hydrogen-bond donors (Lipinski definition) is 2. The highest BCUT2D eigenvalue weighted by molar-refractivity contribution is 5.92. The van der Waals surface area contributed by atoms with E-state index >= 15 is 0 Å². The third-order valence-electron chi connectivity index (χ3n) is 4.39. The number of pyridine rings is 1. The smallest absolute Gasteiger partial charge is 0.251 e. The summed E-state index contributed by atoms with van der Waals surface area (Å²) in [5.41, 5.74) is 5.45. The number of carbonyl (C=O) groups excluding carboxylic acids is 1. The molecule has 0 atom stereocenters. The van der Waals surface area contributed by atoms with Crippen molar-refractivity contribution in [1.29, 1.82) is 0 Å². The van der Waals surface area contributed by atoms with E-state index in [0.717, 1.165) is 27.7 Å². The normalized spacial score (nSPS) is 10.8. The Bertz CT molecular complexity index is 979. The van der Waals surface area contributed by atoms with E-state index in [9.17, 15) is 9.59 Å². The summed E-state index contributed by atoms with van der Waals surface area (Å²) < 4.78 is 0. The highest BCUT2D eigenvalue weighted by Crippen LogP contribution is 2.22. The number of carbonyl (C=O) groups is 1. The first-order valence-corrected chi connectivity index (χ1v) is 8.42. The van der Waals surface area contributed by atoms with Crippen molar-refractivity contribution in [2.24, 2.45) is 0 Å². The van der Waals surface area contributed by atoms with Crippen LogP contribution in [0.25, 0.3) is 10.9 Å². The monoisotopic (exact) mass is 334 g/mol. The fourth-order valence-corrected chi connectivity index (χ4v) is 3.21. The Hall–Kier alpha value is -2.88. The number of anilines is 1. The molecule has 25 heavy (non-hydrogen) atoms. The standard InChI is InChI=1S/C21H22N2O2/c1-13-10-14(2)20(15(3)11-13)23-19(24)9-8-17-12-16-6-4-5-7-18(16)22-21(17)25/h4-7,10-12H,8-9H2,1-3H3,(H,22,25)(H,23,24). The van der Waals surface area contributed by atoms with Crippen LogP contribution in [0.3, 0.4) is 0 Å². The zero-order chi connectivity index (χ0) is 18.0. The molecule has 0 unspecified atom stereocenters. The van der Waals surface area contributed by atoms with Crippen LogP contribution >= 0.6 is 0 Å². The second-order valence-corrected chi connectivity index (χ2v) is 6.53. The van der Waals surface area contributed by atoms with Gasteiger partial charge in [0.2, 0.25) is 5.91 Å². The van der Waals surface area contributed by atoms with E-state index in [0.29, 0.717) is 12.0 Å². The van der Waals surface area contributed by atoms with Crippen molar-refractivity contribution in [3.63, 3.8) is 0 Å². The first-order valence-electron chi connectivity index (χ1n) is 8.42. The summed E-state index contributed by atoms with van der Waals surface area (Å²) in [5.74, 6) is -0.0809. The summed E-state index contributed by atoms with van der Waals surface area (Å²) in [5, 5.41) is 3.96. The van der Waals surface area contributed by atoms with Crippen LogP contribution in [-0.4, -0.2) is 10.9 Å². The molecule has 0 saturated heterocycles. The van der Waals surface area contributed by atoms with Crippen molar-refractivity contribution in [3.8, 4) is 0 Å². The number of para-hydroxylation sites is 1. The van der Waals surface area contributed by atoms with Gasteiger partial charge in [0.1, 0.15) is 0 Å². The zero-order valence-corrected chi connectivity index (χ0v) is 14.8. The number of aromatic nitrogens is 1. The van der Waals surface area contributed by atoms with Gasteiger partial charge in [0, 0.05) is 23.2 Å². The van der Waals surface area contributed by atoms with Crippen molar-refractivity contribution in [2.45, 2.75) is 33.6 Å². The van der Waals surface area contributed by atoms with E-state index in [2.05, 4.69) is 22.4 Å². The molecule has 0 saturated carbocycles. The summed E-state index contributed by atoms with van der Waals surface area (Å²) in [6, 6.07) is 13.6. The minimum atomic E-state index is -0.130. The van der Waals surface area contributed by atoms with E-state index in [1.807, 2.05) is 51.1 Å². The second-order valence-electron chi connectivity index (χ2n) is 6.53. The average Bonchev–Trinajstić information content (AvgIpc) is 2.56. The molecule has 0 bridgehead atoms. The third kappa shape index (κ3) is 3.79. The molecule has 0 aliphatic rings. The van der Waals surface area contributed by atoms with Gasteiger partial charge in [0.25, 0.3) is 5.56 Å². The molecule has 1 aromatic heterocycles. The van der Waals surface area contributed by atoms with E-state index < -0.39 is 0 Å². The maximum Gasteiger partial charge on any atom is 0.251 e. The van der Waals surface area contributed by atoms with Gasteiger partial charge in [-0.25, -0.2) is 0 Å². The minimum absolute atomic E-state index is 0.0809. The quantitative estimate of drug-likeness (QED) is 0.757. The third-order valence-corrected chi connectivity index (χ3v) is 4.39. The molecule has 128 valence electrons. The molecular weight excluding hydrogens is 312 g/mol. The number of nitrogens with one attached hydrogen (secondary N) is 2. The van der Waals surface area contributed by atoms with Gasteiger partial charge in [-0.05, 0) is 55.8 Å². The SMILES string of the molecule is Cc1cc(C)c(NC(=O)CCc2cc3ccccc3[nH]c2=O)c(C)c1. The summed E-state index contributed by atoms with van der Waals surface area (Å²) >= 11 is 0. The lowest BCUT2D eigenvalue weighted by Gasteiger charge is -2.13. The van der Waals surface area contributed by atoms with Crippen molar-refractivity contribution < 1.29 is 4.79 Å². The molecule has 4 nitrogen and oxygen atoms in total. The molecule has 0 radical (unpaired) electrons. The number of rotatable bonds is 4. The fourth-order valence-electron chi connectivity index (χ4n) is 3.21. The number of aryl methyl sites for hydroxylation is 4. The van der Waals surface area contributed by atoms with Crippen LogP contribution in [0.5, 0.6) is 0 Å². The summed E-state index contributed by atoms with van der Waals surface area (Å²) in [7, 11) is 0. The van der Waals surface area contributed by atoms with Crippen molar-refractivity contribution >= 4 is 22.5 Å². The Balaban J connectivity index is 1.73. The largest absolute Gasteiger partial charge is 0.326 e. The van der Waals surface area contributed by atoms with Crippen LogP contribution in [0.15, 0.2) is 47.3 Å². The Labute approximate surface area is 146 Å². The van der Waals surface area contributed by atoms with Gasteiger partial charge in [-0.15, -0.1) is 0 Å². The number of aromatic amines is 1. The van der Waals surface area contributed by atoms with Gasteiger partial charge >= 0.3 is 0 Å². The molecule has 0 aliphatic heterocycles. The lowest BCUT2D eigenvalue weighted by Crippen LogP contribution is -2.18. The molecule has 4 heteroatoms. The Morgan fingerprint density at radius 3 is 2.44 bits per heavy atom. The molecule has 0 aliphatic carbocycles. The molecule has 3 rings (SSSR count). The lowest BCUT2D eigenvalue weighted by molar-refractivity contribution is -0.116. The molecule has 3 aromatic rings. The molecule has 0 fully saturated rings. The molecule has 2 N–H and O–H groups in total. The van der Waals surface area contributed by atoms with E-state index in [1.165, 1.54) is 5.56 Å². The summed E-state index contributed by atoms with van der Waals surface area (Å²) in [6.07, 6.45) is 0.685. The highest BCUT2D eigenvalue weighted by Gasteiger charge is 2.10. The topological polar surface area (TPSA) is 62.0 Å². The summed E-state index contributed by atoms with van der Waals surface area (Å²) in [6.45, 7) is 6.02. The Morgan fingerprint density at radius 2 is 1.72 bits per heavy atom. The molecule has 1 amide bonds. The van der Waals surface area contributed by atoms with Crippen LogP contribution in [0.4, 0.5) is 5.69 Å². The van der Waals surface area contributed by atoms with E-state index in [-0.39, 0.29) is 17.9 Å². The van der Waals surface area contributed by atoms with Crippen molar-refractivity contribution in [2.75, 3.05) is 5.32 Å². The first-order chi connectivity index (χ1) is 11.9. The van der Waals surface area contributed by atoms with Gasteiger partial charge in [-0.3, -0.25) is 9.59 Å². The average molecular weight is 334 g/mol. The fraction of sp³-hybridized carbons (Fsp3) is 0.238. The molecule has 0 spiro atoms. The number of hydrogen-bond acceptors (Lipinski definition) is 2. The van der Waals surface area contributed by atoms with Crippen molar-refractivity contribution in [1.82, 2.24) is 4.98 Å². The Kier molecular flexibility index (Phi) is 4.70. The van der Waals surface area contributed by atoms with E-state index in [1.54, 1.807) is 0 Å². The predicted octanol–water partition coefficient (Wildman–Crippen LogP) is 4.02. The molecular formula is C21H22N2O2.